The van der Waals surface area contributed by atoms with Gasteiger partial charge in [0, 0.05) is 26.7 Å². The highest BCUT2D eigenvalue weighted by Gasteiger charge is 2.32. The topological polar surface area (TPSA) is 57.6 Å². The van der Waals surface area contributed by atoms with E-state index in [1.54, 1.807) is 6.07 Å². The average molecular weight is 442 g/mol. The summed E-state index contributed by atoms with van der Waals surface area (Å²) in [5, 5.41) is 9.24. The smallest absolute Gasteiger partial charge is 0.337 e. The number of hydrogen-bond acceptors (Lipinski definition) is 2. The summed E-state index contributed by atoms with van der Waals surface area (Å²) in [6.07, 6.45) is 0.377. The van der Waals surface area contributed by atoms with Crippen LogP contribution in [0.1, 0.15) is 16.8 Å². The van der Waals surface area contributed by atoms with E-state index in [4.69, 9.17) is 0 Å². The van der Waals surface area contributed by atoms with Gasteiger partial charge >= 0.3 is 5.97 Å². The van der Waals surface area contributed by atoms with E-state index in [2.05, 4.69) is 47.8 Å². The molecular weight excluding hydrogens is 434 g/mol. The molecule has 1 N–H and O–H groups in total. The fraction of sp³-hybridized carbons (Fsp3) is 0.273. The van der Waals surface area contributed by atoms with E-state index in [-0.39, 0.29) is 16.3 Å². The summed E-state index contributed by atoms with van der Waals surface area (Å²) in [6, 6.07) is 3.23. The molecule has 1 aromatic carbocycles. The largest absolute Gasteiger partial charge is 0.478 e. The number of aromatic carboxylic acids is 1. The predicted octanol–water partition coefficient (Wildman–Crippen LogP) is 3.41. The van der Waals surface area contributed by atoms with Crippen molar-refractivity contribution in [2.45, 2.75) is 11.2 Å². The molecular formula is C11H8Br3NO3. The lowest BCUT2D eigenvalue weighted by Crippen LogP contribution is -2.27. The van der Waals surface area contributed by atoms with Crippen molar-refractivity contribution >= 4 is 65.4 Å². The van der Waals surface area contributed by atoms with E-state index in [1.165, 1.54) is 11.0 Å². The van der Waals surface area contributed by atoms with Crippen LogP contribution in [0.5, 0.6) is 0 Å². The van der Waals surface area contributed by atoms with E-state index >= 15 is 0 Å². The molecule has 0 spiro atoms. The van der Waals surface area contributed by atoms with Crippen molar-refractivity contribution in [2.75, 3.05) is 11.4 Å². The number of carboxylic acid groups (broad SMARTS) is 1. The molecule has 2 rings (SSSR count). The van der Waals surface area contributed by atoms with Crippen LogP contribution < -0.4 is 4.90 Å². The van der Waals surface area contributed by atoms with Crippen LogP contribution in [-0.4, -0.2) is 28.4 Å². The van der Waals surface area contributed by atoms with Gasteiger partial charge in [-0.2, -0.15) is 0 Å². The first kappa shape index (κ1) is 14.0. The number of halogens is 3. The molecule has 0 aliphatic carbocycles. The zero-order valence-corrected chi connectivity index (χ0v) is 13.7. The number of carbonyl (C=O) groups is 2. The summed E-state index contributed by atoms with van der Waals surface area (Å²) in [7, 11) is 0. The van der Waals surface area contributed by atoms with Gasteiger partial charge in [-0.15, -0.1) is 0 Å². The lowest BCUT2D eigenvalue weighted by atomic mass is 10.1. The van der Waals surface area contributed by atoms with Gasteiger partial charge in [-0.1, -0.05) is 31.9 Å². The molecule has 1 saturated heterocycles. The molecule has 0 radical (unpaired) electrons. The minimum atomic E-state index is -1.06. The number of amides is 1. The van der Waals surface area contributed by atoms with Gasteiger partial charge in [-0.3, -0.25) is 4.79 Å². The molecule has 1 atom stereocenters. The number of carboxylic acids is 1. The number of nitrogens with zero attached hydrogens (tertiary/aromatic N) is 1. The lowest BCUT2D eigenvalue weighted by molar-refractivity contribution is -0.117. The second kappa shape index (κ2) is 5.30. The summed E-state index contributed by atoms with van der Waals surface area (Å²) in [4.78, 5) is 24.7. The highest BCUT2D eigenvalue weighted by Crippen LogP contribution is 2.37. The van der Waals surface area contributed by atoms with Crippen LogP contribution in [0.25, 0.3) is 0 Å². The van der Waals surface area contributed by atoms with Crippen LogP contribution in [0.15, 0.2) is 21.1 Å². The summed E-state index contributed by atoms with van der Waals surface area (Å²) >= 11 is 9.95. The summed E-state index contributed by atoms with van der Waals surface area (Å²) in [5.41, 5.74) is 0.517. The maximum Gasteiger partial charge on any atom is 0.337 e. The van der Waals surface area contributed by atoms with Gasteiger partial charge in [0.25, 0.3) is 0 Å². The second-order valence-corrected chi connectivity index (χ2v) is 6.96. The van der Waals surface area contributed by atoms with Crippen molar-refractivity contribution in [3.8, 4) is 0 Å². The molecule has 1 aliphatic heterocycles. The Labute approximate surface area is 129 Å². The van der Waals surface area contributed by atoms with Crippen LogP contribution in [0, 0.1) is 0 Å². The molecule has 1 amide bonds. The number of carbonyl (C=O) groups excluding carboxylic acids is 1. The van der Waals surface area contributed by atoms with Gasteiger partial charge in [0.05, 0.1) is 11.3 Å². The molecule has 18 heavy (non-hydrogen) atoms. The van der Waals surface area contributed by atoms with Gasteiger partial charge < -0.3 is 10.0 Å². The normalized spacial score (nSPS) is 19.4. The number of anilines is 1. The first-order valence-electron chi connectivity index (χ1n) is 5.07. The molecule has 1 aromatic rings. The lowest BCUT2D eigenvalue weighted by Gasteiger charge is -2.20. The van der Waals surface area contributed by atoms with Gasteiger partial charge in [-0.25, -0.2) is 4.79 Å². The predicted molar refractivity (Wildman–Crippen MR) is 78.5 cm³/mol. The molecule has 4 nitrogen and oxygen atoms in total. The molecule has 1 unspecified atom stereocenters. The molecule has 96 valence electrons. The van der Waals surface area contributed by atoms with Crippen molar-refractivity contribution in [2.24, 2.45) is 0 Å². The molecule has 7 heteroatoms. The Morgan fingerprint density at radius 3 is 2.56 bits per heavy atom. The van der Waals surface area contributed by atoms with Gasteiger partial charge in [0.1, 0.15) is 0 Å². The van der Waals surface area contributed by atoms with Gasteiger partial charge in [0.2, 0.25) is 5.91 Å². The summed E-state index contributed by atoms with van der Waals surface area (Å²) < 4.78 is 1.24. The third-order valence-corrected chi connectivity index (χ3v) is 4.28. The SMILES string of the molecule is O=C(O)c1cc(Br)cc(Br)c1N1CC(Br)CC1=O. The number of alkyl halides is 1. The van der Waals surface area contributed by atoms with Crippen LogP contribution >= 0.6 is 47.8 Å². The Kier molecular flexibility index (Phi) is 4.13. The van der Waals surface area contributed by atoms with Crippen LogP contribution in [0.2, 0.25) is 0 Å². The summed E-state index contributed by atoms with van der Waals surface area (Å²) in [6.45, 7) is 0.472. The van der Waals surface area contributed by atoms with Crippen molar-refractivity contribution < 1.29 is 14.7 Å². The zero-order valence-electron chi connectivity index (χ0n) is 8.99. The minimum absolute atomic E-state index is 0.0576. The number of rotatable bonds is 2. The Hall–Kier alpha value is -0.400. The third-order valence-electron chi connectivity index (χ3n) is 2.61. The fourth-order valence-corrected chi connectivity index (χ4v) is 3.89. The minimum Gasteiger partial charge on any atom is -0.478 e. The summed E-state index contributed by atoms with van der Waals surface area (Å²) in [5.74, 6) is -1.14. The highest BCUT2D eigenvalue weighted by atomic mass is 79.9. The number of benzene rings is 1. The van der Waals surface area contributed by atoms with E-state index in [0.717, 1.165) is 0 Å². The monoisotopic (exact) mass is 439 g/mol. The van der Waals surface area contributed by atoms with E-state index < -0.39 is 5.97 Å². The van der Waals surface area contributed by atoms with Crippen molar-refractivity contribution in [1.29, 1.82) is 0 Å². The van der Waals surface area contributed by atoms with Crippen molar-refractivity contribution in [3.05, 3.63) is 26.6 Å². The second-order valence-electron chi connectivity index (χ2n) is 3.89. The maximum absolute atomic E-state index is 11.9. The first-order valence-corrected chi connectivity index (χ1v) is 7.57. The van der Waals surface area contributed by atoms with E-state index in [1.807, 2.05) is 0 Å². The van der Waals surface area contributed by atoms with Crippen LogP contribution in [0.3, 0.4) is 0 Å². The fourth-order valence-electron chi connectivity index (χ4n) is 1.88. The maximum atomic E-state index is 11.9. The molecule has 0 bridgehead atoms. The first-order chi connectivity index (χ1) is 8.40. The quantitative estimate of drug-likeness (QED) is 0.715. The van der Waals surface area contributed by atoms with E-state index in [9.17, 15) is 14.7 Å². The van der Waals surface area contributed by atoms with Gasteiger partial charge in [-0.05, 0) is 28.1 Å². The number of hydrogen-bond donors (Lipinski definition) is 1. The van der Waals surface area contributed by atoms with Gasteiger partial charge in [0.15, 0.2) is 0 Å². The van der Waals surface area contributed by atoms with E-state index in [0.29, 0.717) is 27.6 Å². The Morgan fingerprint density at radius 2 is 2.06 bits per heavy atom. The Bertz CT molecular complexity index is 533. The highest BCUT2D eigenvalue weighted by molar-refractivity contribution is 9.11. The molecule has 1 aliphatic rings. The van der Waals surface area contributed by atoms with Crippen LogP contribution in [-0.2, 0) is 4.79 Å². The standard InChI is InChI=1S/C11H8Br3NO3/c12-5-1-7(11(17)18)10(8(14)2-5)15-4-6(13)3-9(15)16/h1-2,6H,3-4H2,(H,17,18). The Morgan fingerprint density at radius 1 is 1.39 bits per heavy atom. The molecule has 1 heterocycles. The molecule has 0 saturated carbocycles. The zero-order chi connectivity index (χ0) is 13.4. The average Bonchev–Trinajstić information content (AvgIpc) is 2.56. The van der Waals surface area contributed by atoms with Crippen molar-refractivity contribution in [1.82, 2.24) is 0 Å². The van der Waals surface area contributed by atoms with Crippen LogP contribution in [0.4, 0.5) is 5.69 Å². The molecule has 1 fully saturated rings. The third kappa shape index (κ3) is 2.62. The Balaban J connectivity index is 2.56. The van der Waals surface area contributed by atoms with Crippen molar-refractivity contribution in [3.63, 3.8) is 0 Å². The molecule has 0 aromatic heterocycles.